The molecule has 0 aromatic carbocycles. The highest BCUT2D eigenvalue weighted by Crippen LogP contribution is 2.24. The third-order valence-electron chi connectivity index (χ3n) is 3.43. The van der Waals surface area contributed by atoms with Crippen LogP contribution in [0, 0.1) is 0 Å². The summed E-state index contributed by atoms with van der Waals surface area (Å²) in [6, 6.07) is -1.24. The highest BCUT2D eigenvalue weighted by Gasteiger charge is 2.48. The van der Waals surface area contributed by atoms with Gasteiger partial charge in [-0.05, 0) is 17.4 Å². The molecule has 132 valence electrons. The van der Waals surface area contributed by atoms with E-state index >= 15 is 0 Å². The molecule has 1 aliphatic rings. The zero-order valence-electron chi connectivity index (χ0n) is 12.7. The Morgan fingerprint density at radius 2 is 2.44 bits per heavy atom. The van der Waals surface area contributed by atoms with E-state index in [9.17, 15) is 14.0 Å². The Bertz CT molecular complexity index is 808. The Morgan fingerprint density at radius 3 is 3.00 bits per heavy atom. The van der Waals surface area contributed by atoms with E-state index in [1.54, 1.807) is 6.92 Å². The van der Waals surface area contributed by atoms with Gasteiger partial charge in [0.1, 0.15) is 11.7 Å². The monoisotopic (exact) mass is 369 g/mol. The van der Waals surface area contributed by atoms with Gasteiger partial charge in [0.25, 0.3) is 18.7 Å². The summed E-state index contributed by atoms with van der Waals surface area (Å²) in [6.07, 6.45) is 0. The van der Waals surface area contributed by atoms with Crippen LogP contribution in [0.2, 0.25) is 0 Å². The first-order valence-electron chi connectivity index (χ1n) is 6.88. The molecule has 0 spiro atoms. The van der Waals surface area contributed by atoms with Crippen LogP contribution in [-0.4, -0.2) is 62.1 Å². The van der Waals surface area contributed by atoms with Gasteiger partial charge >= 0.3 is 0 Å². The lowest BCUT2D eigenvalue weighted by Crippen LogP contribution is -2.70. The summed E-state index contributed by atoms with van der Waals surface area (Å²) in [4.78, 5) is 34.1. The number of amides is 2. The van der Waals surface area contributed by atoms with Gasteiger partial charge in [-0.25, -0.2) is 14.5 Å². The molecule has 25 heavy (non-hydrogen) atoms. The molecule has 12 nitrogen and oxygen atoms in total. The summed E-state index contributed by atoms with van der Waals surface area (Å²) >= 11 is 1.08. The van der Waals surface area contributed by atoms with Crippen LogP contribution in [0.3, 0.4) is 0 Å². The number of hydrogen-bond donors (Lipinski definition) is 3. The van der Waals surface area contributed by atoms with Crippen molar-refractivity contribution in [2.75, 3.05) is 17.5 Å². The lowest BCUT2D eigenvalue weighted by atomic mass is 9.97. The second-order valence-electron chi connectivity index (χ2n) is 4.87. The van der Waals surface area contributed by atoms with Gasteiger partial charge in [0.2, 0.25) is 5.95 Å². The minimum Gasteiger partial charge on any atom is -0.375 e. The quantitative estimate of drug-likeness (QED) is 0.325. The first-order valence-corrected chi connectivity index (χ1v) is 7.76. The van der Waals surface area contributed by atoms with Crippen LogP contribution < -0.4 is 16.0 Å². The van der Waals surface area contributed by atoms with Crippen LogP contribution in [0.1, 0.15) is 12.6 Å². The number of aromatic amines is 1. The summed E-state index contributed by atoms with van der Waals surface area (Å²) in [5, 5.41) is 20.5. The van der Waals surface area contributed by atoms with Crippen molar-refractivity contribution < 1.29 is 18.8 Å². The fraction of sp³-hybridized carbons (Fsp3) is 0.364. The number of thiazole rings is 1. The van der Waals surface area contributed by atoms with Gasteiger partial charge in [-0.1, -0.05) is 10.3 Å². The van der Waals surface area contributed by atoms with Crippen LogP contribution in [0.4, 0.5) is 15.5 Å². The molecule has 2 aromatic rings. The Balaban J connectivity index is 1.73. The van der Waals surface area contributed by atoms with Gasteiger partial charge in [0.05, 0.1) is 6.04 Å². The molecule has 2 amide bonds. The molecular formula is C11H12FN9O3S. The number of carbonyl (C=O) groups excluding carboxylic acids is 2. The minimum atomic E-state index is -1.22. The van der Waals surface area contributed by atoms with Crippen LogP contribution in [0.15, 0.2) is 10.5 Å². The van der Waals surface area contributed by atoms with E-state index in [0.717, 1.165) is 11.3 Å². The fourth-order valence-electron chi connectivity index (χ4n) is 2.26. The molecule has 14 heteroatoms. The van der Waals surface area contributed by atoms with E-state index in [2.05, 4.69) is 40.9 Å². The highest BCUT2D eigenvalue weighted by atomic mass is 32.1. The molecule has 3 rings (SSSR count). The zero-order chi connectivity index (χ0) is 18.0. The third-order valence-corrected chi connectivity index (χ3v) is 4.10. The highest BCUT2D eigenvalue weighted by molar-refractivity contribution is 7.13. The lowest BCUT2D eigenvalue weighted by molar-refractivity contribution is -0.130. The first-order chi connectivity index (χ1) is 12.0. The van der Waals surface area contributed by atoms with Crippen molar-refractivity contribution in [3.8, 4) is 0 Å². The summed E-state index contributed by atoms with van der Waals surface area (Å²) in [6.45, 7) is 0.478. The van der Waals surface area contributed by atoms with Gasteiger partial charge in [-0.2, -0.15) is 0 Å². The summed E-state index contributed by atoms with van der Waals surface area (Å²) < 4.78 is 12.2. The number of hydrogen-bond acceptors (Lipinski definition) is 10. The number of β-lactam (4-membered cyclic amide) rings is 1. The Hall–Kier alpha value is -3.16. The maximum Gasteiger partial charge on any atom is 0.276 e. The number of alkyl halides is 1. The molecule has 1 fully saturated rings. The van der Waals surface area contributed by atoms with Crippen molar-refractivity contribution in [1.29, 1.82) is 0 Å². The fourth-order valence-corrected chi connectivity index (χ4v) is 2.81. The van der Waals surface area contributed by atoms with Gasteiger partial charge < -0.3 is 15.9 Å². The van der Waals surface area contributed by atoms with Crippen LogP contribution in [0.25, 0.3) is 0 Å². The number of anilines is 2. The number of carbonyl (C=O) groups is 2. The van der Waals surface area contributed by atoms with E-state index in [1.807, 2.05) is 0 Å². The predicted octanol–water partition coefficient (Wildman–Crippen LogP) is -1.19. The van der Waals surface area contributed by atoms with Gasteiger partial charge in [-0.15, -0.1) is 11.3 Å². The Labute approximate surface area is 143 Å². The average molecular weight is 369 g/mol. The molecule has 2 aromatic heterocycles. The molecule has 2 unspecified atom stereocenters. The number of halogens is 1. The van der Waals surface area contributed by atoms with E-state index < -0.39 is 30.8 Å². The molecule has 1 saturated heterocycles. The molecule has 0 saturated carbocycles. The number of tetrazole rings is 1. The maximum atomic E-state index is 12.4. The van der Waals surface area contributed by atoms with Crippen molar-refractivity contribution in [3.63, 3.8) is 0 Å². The van der Waals surface area contributed by atoms with Crippen molar-refractivity contribution in [2.45, 2.75) is 19.0 Å². The van der Waals surface area contributed by atoms with Crippen molar-refractivity contribution in [3.05, 3.63) is 11.1 Å². The van der Waals surface area contributed by atoms with Crippen LogP contribution in [0.5, 0.6) is 0 Å². The number of rotatable bonds is 6. The number of H-pyrrole nitrogens is 1. The number of nitrogens with one attached hydrogen (secondary N) is 2. The van der Waals surface area contributed by atoms with E-state index in [-0.39, 0.29) is 22.5 Å². The second-order valence-corrected chi connectivity index (χ2v) is 5.76. The first kappa shape index (κ1) is 16.7. The SMILES string of the molecule is CC1C(NC(=O)C(=NOCF)c2csc(N)n2)C(=O)N1c1nnn[nH]1. The number of nitrogen functional groups attached to an aromatic ring is 1. The van der Waals surface area contributed by atoms with E-state index in [1.165, 1.54) is 10.3 Å². The molecule has 0 aliphatic carbocycles. The molecule has 2 atom stereocenters. The zero-order valence-corrected chi connectivity index (χ0v) is 13.5. The van der Waals surface area contributed by atoms with Crippen LogP contribution in [-0.2, 0) is 14.4 Å². The Kier molecular flexibility index (Phi) is 4.51. The minimum absolute atomic E-state index is 0.115. The van der Waals surface area contributed by atoms with Gasteiger partial charge in [0.15, 0.2) is 10.8 Å². The van der Waals surface area contributed by atoms with Crippen LogP contribution >= 0.6 is 11.3 Å². The van der Waals surface area contributed by atoms with Gasteiger partial charge in [0, 0.05) is 5.38 Å². The largest absolute Gasteiger partial charge is 0.375 e. The molecule has 0 bridgehead atoms. The smallest absolute Gasteiger partial charge is 0.276 e. The number of oxime groups is 1. The van der Waals surface area contributed by atoms with Crippen molar-refractivity contribution in [1.82, 2.24) is 30.9 Å². The Morgan fingerprint density at radius 1 is 1.64 bits per heavy atom. The lowest BCUT2D eigenvalue weighted by Gasteiger charge is -2.43. The number of aromatic nitrogens is 5. The molecule has 0 radical (unpaired) electrons. The van der Waals surface area contributed by atoms with E-state index in [4.69, 9.17) is 5.73 Å². The summed E-state index contributed by atoms with van der Waals surface area (Å²) in [5.74, 6) is -0.993. The van der Waals surface area contributed by atoms with Gasteiger partial charge in [-0.3, -0.25) is 14.5 Å². The molecular weight excluding hydrogens is 357 g/mol. The molecule has 3 heterocycles. The summed E-state index contributed by atoms with van der Waals surface area (Å²) in [7, 11) is 0. The normalized spacial score (nSPS) is 20.3. The summed E-state index contributed by atoms with van der Waals surface area (Å²) in [5.41, 5.74) is 5.35. The van der Waals surface area contributed by atoms with Crippen molar-refractivity contribution in [2.24, 2.45) is 5.16 Å². The van der Waals surface area contributed by atoms with Crippen molar-refractivity contribution >= 4 is 39.9 Å². The topological polar surface area (TPSA) is 164 Å². The number of nitrogens with zero attached hydrogens (tertiary/aromatic N) is 6. The predicted molar refractivity (Wildman–Crippen MR) is 83.2 cm³/mol. The standard InChI is InChI=1S/C11H12FN9O3S/c1-4-6(9(23)21(4)11-16-19-20-17-11)15-8(22)7(18-24-3-12)5-2-25-10(13)14-5/h2,4,6H,3H2,1H3,(H2,13,14)(H,15,22)(H,16,17,19,20). The molecule has 1 aliphatic heterocycles. The maximum absolute atomic E-state index is 12.4. The number of nitrogens with two attached hydrogens (primary N) is 1. The average Bonchev–Trinajstić information content (AvgIpc) is 3.25. The second kappa shape index (κ2) is 6.76. The molecule has 4 N–H and O–H groups in total. The van der Waals surface area contributed by atoms with E-state index in [0.29, 0.717) is 0 Å². The third kappa shape index (κ3) is 3.10.